The Morgan fingerprint density at radius 1 is 1.05 bits per heavy atom. The van der Waals surface area contributed by atoms with E-state index in [4.69, 9.17) is 0 Å². The van der Waals surface area contributed by atoms with Crippen molar-refractivity contribution in [2.75, 3.05) is 4.90 Å². The van der Waals surface area contributed by atoms with Crippen molar-refractivity contribution in [3.05, 3.63) is 24.3 Å². The van der Waals surface area contributed by atoms with Crippen LogP contribution in [0.25, 0.3) is 10.9 Å². The average molecular weight is 283 g/mol. The van der Waals surface area contributed by atoms with Crippen LogP contribution < -0.4 is 4.90 Å². The molecule has 5 nitrogen and oxygen atoms in total. The summed E-state index contributed by atoms with van der Waals surface area (Å²) in [6, 6.07) is 7.56. The van der Waals surface area contributed by atoms with Gasteiger partial charge in [0, 0.05) is 18.2 Å². The number of amides is 2. The maximum absolute atomic E-state index is 12.6. The molecule has 1 N–H and O–H groups in total. The molecule has 0 radical (unpaired) electrons. The summed E-state index contributed by atoms with van der Waals surface area (Å²) in [7, 11) is 0. The number of carbonyl (C=O) groups is 2. The van der Waals surface area contributed by atoms with Crippen LogP contribution >= 0.6 is 0 Å². The van der Waals surface area contributed by atoms with Gasteiger partial charge in [-0.1, -0.05) is 25.0 Å². The number of fused-ring (bicyclic) bond motifs is 1. The molecule has 2 fully saturated rings. The van der Waals surface area contributed by atoms with Gasteiger partial charge in [-0.2, -0.15) is 5.10 Å². The van der Waals surface area contributed by atoms with Crippen LogP contribution in [0.3, 0.4) is 0 Å². The van der Waals surface area contributed by atoms with Crippen molar-refractivity contribution in [2.45, 2.75) is 38.5 Å². The molecule has 1 aromatic carbocycles. The zero-order chi connectivity index (χ0) is 14.4. The van der Waals surface area contributed by atoms with E-state index in [0.29, 0.717) is 18.7 Å². The summed E-state index contributed by atoms with van der Waals surface area (Å²) in [6.45, 7) is 0. The molecule has 1 spiro atoms. The lowest BCUT2D eigenvalue weighted by Gasteiger charge is -2.36. The maximum atomic E-state index is 12.6. The van der Waals surface area contributed by atoms with E-state index in [1.807, 2.05) is 24.3 Å². The van der Waals surface area contributed by atoms with Gasteiger partial charge in [0.25, 0.3) is 0 Å². The van der Waals surface area contributed by atoms with Crippen molar-refractivity contribution in [1.29, 1.82) is 0 Å². The molecule has 4 rings (SSSR count). The third-order valence-electron chi connectivity index (χ3n) is 4.88. The number of rotatable bonds is 1. The summed E-state index contributed by atoms with van der Waals surface area (Å²) in [5.41, 5.74) is 0.769. The quantitative estimate of drug-likeness (QED) is 0.818. The third kappa shape index (κ3) is 1.87. The Bertz CT molecular complexity index is 708. The van der Waals surface area contributed by atoms with Gasteiger partial charge >= 0.3 is 0 Å². The first kappa shape index (κ1) is 12.6. The van der Waals surface area contributed by atoms with Gasteiger partial charge in [-0.05, 0) is 30.4 Å². The molecule has 21 heavy (non-hydrogen) atoms. The average Bonchev–Trinajstić information content (AvgIpc) is 3.06. The fourth-order valence-corrected chi connectivity index (χ4v) is 3.84. The smallest absolute Gasteiger partial charge is 0.235 e. The molecule has 1 saturated carbocycles. The topological polar surface area (TPSA) is 66.1 Å². The number of benzene rings is 1. The molecule has 1 aliphatic carbocycles. The number of carbonyl (C=O) groups excluding carboxylic acids is 2. The van der Waals surface area contributed by atoms with Crippen LogP contribution in [0.4, 0.5) is 5.82 Å². The van der Waals surface area contributed by atoms with Crippen LogP contribution in [0.1, 0.15) is 38.5 Å². The fourth-order valence-electron chi connectivity index (χ4n) is 3.84. The Morgan fingerprint density at radius 3 is 2.43 bits per heavy atom. The van der Waals surface area contributed by atoms with Gasteiger partial charge in [0.15, 0.2) is 5.82 Å². The number of hydrogen-bond donors (Lipinski definition) is 1. The van der Waals surface area contributed by atoms with Crippen molar-refractivity contribution < 1.29 is 9.59 Å². The van der Waals surface area contributed by atoms with Crippen LogP contribution in [0.2, 0.25) is 0 Å². The monoisotopic (exact) mass is 283 g/mol. The standard InChI is InChI=1S/C16H17N3O2/c20-13-9-16(7-3-4-8-16)10-14(21)19(13)15-11-5-1-2-6-12(11)17-18-15/h1-2,5-6H,3-4,7-10H2,(H,17,18). The molecule has 108 valence electrons. The number of aromatic amines is 1. The molecule has 5 heteroatoms. The zero-order valence-electron chi connectivity index (χ0n) is 11.8. The first-order valence-electron chi connectivity index (χ1n) is 7.47. The van der Waals surface area contributed by atoms with Gasteiger partial charge in [0.1, 0.15) is 0 Å². The van der Waals surface area contributed by atoms with E-state index in [0.717, 1.165) is 36.6 Å². The van der Waals surface area contributed by atoms with Crippen LogP contribution in [0.15, 0.2) is 24.3 Å². The number of imide groups is 1. The Kier molecular flexibility index (Phi) is 2.64. The van der Waals surface area contributed by atoms with Gasteiger partial charge in [-0.3, -0.25) is 14.7 Å². The predicted octanol–water partition coefficient (Wildman–Crippen LogP) is 2.78. The minimum Gasteiger partial charge on any atom is -0.276 e. The molecular weight excluding hydrogens is 266 g/mol. The molecule has 1 aliphatic heterocycles. The van der Waals surface area contributed by atoms with Crippen molar-refractivity contribution in [3.63, 3.8) is 0 Å². The molecule has 2 aromatic rings. The van der Waals surface area contributed by atoms with Crippen LogP contribution in [0.5, 0.6) is 0 Å². The molecule has 0 atom stereocenters. The normalized spacial score (nSPS) is 21.6. The lowest BCUT2D eigenvalue weighted by molar-refractivity contribution is -0.133. The highest BCUT2D eigenvalue weighted by molar-refractivity contribution is 6.19. The van der Waals surface area contributed by atoms with Crippen molar-refractivity contribution in [3.8, 4) is 0 Å². The Balaban J connectivity index is 1.72. The molecular formula is C16H17N3O2. The van der Waals surface area contributed by atoms with E-state index in [1.54, 1.807) is 0 Å². The number of aromatic nitrogens is 2. The van der Waals surface area contributed by atoms with E-state index in [9.17, 15) is 9.59 Å². The van der Waals surface area contributed by atoms with Gasteiger partial charge < -0.3 is 0 Å². The van der Waals surface area contributed by atoms with E-state index in [-0.39, 0.29) is 17.2 Å². The van der Waals surface area contributed by atoms with Gasteiger partial charge in [0.05, 0.1) is 5.52 Å². The molecule has 0 bridgehead atoms. The van der Waals surface area contributed by atoms with Gasteiger partial charge in [-0.25, -0.2) is 4.90 Å². The van der Waals surface area contributed by atoms with Gasteiger partial charge in [0.2, 0.25) is 11.8 Å². The fraction of sp³-hybridized carbons (Fsp3) is 0.438. The molecule has 2 heterocycles. The number of nitrogens with one attached hydrogen (secondary N) is 1. The number of hydrogen-bond acceptors (Lipinski definition) is 3. The van der Waals surface area contributed by atoms with Crippen LogP contribution in [-0.4, -0.2) is 22.0 Å². The number of nitrogens with zero attached hydrogens (tertiary/aromatic N) is 2. The molecule has 2 aliphatic rings. The van der Waals surface area contributed by atoms with Crippen LogP contribution in [-0.2, 0) is 9.59 Å². The number of piperidine rings is 1. The Morgan fingerprint density at radius 2 is 1.71 bits per heavy atom. The Hall–Kier alpha value is -2.17. The highest BCUT2D eigenvalue weighted by atomic mass is 16.2. The molecule has 2 amide bonds. The van der Waals surface area contributed by atoms with Crippen LogP contribution in [0, 0.1) is 5.41 Å². The predicted molar refractivity (Wildman–Crippen MR) is 78.7 cm³/mol. The summed E-state index contributed by atoms with van der Waals surface area (Å²) in [5.74, 6) is 0.240. The minimum atomic E-state index is -0.106. The summed E-state index contributed by atoms with van der Waals surface area (Å²) in [5, 5.41) is 7.91. The first-order valence-corrected chi connectivity index (χ1v) is 7.47. The summed E-state index contributed by atoms with van der Waals surface area (Å²) in [4.78, 5) is 26.4. The Labute approximate surface area is 122 Å². The largest absolute Gasteiger partial charge is 0.276 e. The summed E-state index contributed by atoms with van der Waals surface area (Å²) >= 11 is 0. The van der Waals surface area contributed by atoms with Crippen molar-refractivity contribution in [2.24, 2.45) is 5.41 Å². The summed E-state index contributed by atoms with van der Waals surface area (Å²) < 4.78 is 0. The third-order valence-corrected chi connectivity index (χ3v) is 4.88. The van der Waals surface area contributed by atoms with Gasteiger partial charge in [-0.15, -0.1) is 0 Å². The number of H-pyrrole nitrogens is 1. The zero-order valence-corrected chi connectivity index (χ0v) is 11.8. The highest BCUT2D eigenvalue weighted by Crippen LogP contribution is 2.47. The van der Waals surface area contributed by atoms with E-state index in [2.05, 4.69) is 10.2 Å². The second-order valence-electron chi connectivity index (χ2n) is 6.28. The highest BCUT2D eigenvalue weighted by Gasteiger charge is 2.46. The summed E-state index contributed by atoms with van der Waals surface area (Å²) in [6.07, 6.45) is 5.21. The molecule has 1 saturated heterocycles. The van der Waals surface area contributed by atoms with E-state index >= 15 is 0 Å². The maximum Gasteiger partial charge on any atom is 0.235 e. The minimum absolute atomic E-state index is 0.0726. The second-order valence-corrected chi connectivity index (χ2v) is 6.28. The van der Waals surface area contributed by atoms with E-state index < -0.39 is 0 Å². The SMILES string of the molecule is O=C1CC2(CCCC2)CC(=O)N1c1n[nH]c2ccccc12. The van der Waals surface area contributed by atoms with E-state index in [1.165, 1.54) is 4.90 Å². The molecule has 0 unspecified atom stereocenters. The lowest BCUT2D eigenvalue weighted by atomic mass is 9.76. The van der Waals surface area contributed by atoms with Crippen molar-refractivity contribution >= 4 is 28.5 Å². The molecule has 1 aromatic heterocycles. The number of para-hydroxylation sites is 1. The lowest BCUT2D eigenvalue weighted by Crippen LogP contribution is -2.47. The first-order chi connectivity index (χ1) is 10.2. The second kappa shape index (κ2) is 4.41. The number of anilines is 1. The van der Waals surface area contributed by atoms with Crippen molar-refractivity contribution in [1.82, 2.24) is 10.2 Å².